The summed E-state index contributed by atoms with van der Waals surface area (Å²) in [5.41, 5.74) is -0.00802. The maximum Gasteiger partial charge on any atom is 0.339 e. The summed E-state index contributed by atoms with van der Waals surface area (Å²) in [6.45, 7) is 2.34. The van der Waals surface area contributed by atoms with Gasteiger partial charge in [-0.2, -0.15) is 0 Å². The van der Waals surface area contributed by atoms with Crippen LogP contribution in [0, 0.1) is 0 Å². The highest BCUT2D eigenvalue weighted by molar-refractivity contribution is 6.02. The molecule has 6 heteroatoms. The second kappa shape index (κ2) is 11.0. The van der Waals surface area contributed by atoms with Crippen LogP contribution in [-0.4, -0.2) is 36.2 Å². The van der Waals surface area contributed by atoms with Gasteiger partial charge in [0, 0.05) is 6.08 Å². The minimum atomic E-state index is -1.16. The number of hydrogen-bond acceptors (Lipinski definition) is 5. The summed E-state index contributed by atoms with van der Waals surface area (Å²) >= 11 is 0. The van der Waals surface area contributed by atoms with E-state index in [2.05, 4.69) is 0 Å². The number of ether oxygens (including phenoxy) is 2. The van der Waals surface area contributed by atoms with E-state index in [0.717, 1.165) is 19.3 Å². The molecule has 0 aliphatic rings. The van der Waals surface area contributed by atoms with Crippen LogP contribution in [0.2, 0.25) is 0 Å². The van der Waals surface area contributed by atoms with E-state index in [1.165, 1.54) is 18.2 Å². The topological polar surface area (TPSA) is 89.9 Å². The molecular weight excluding hydrogens is 312 g/mol. The van der Waals surface area contributed by atoms with Crippen LogP contribution in [0.25, 0.3) is 0 Å². The van der Waals surface area contributed by atoms with E-state index in [4.69, 9.17) is 14.6 Å². The van der Waals surface area contributed by atoms with E-state index in [-0.39, 0.29) is 23.7 Å². The first-order valence-corrected chi connectivity index (χ1v) is 7.85. The van der Waals surface area contributed by atoms with Gasteiger partial charge in [-0.15, -0.1) is 0 Å². The molecule has 1 N–H and O–H groups in total. The molecule has 0 aliphatic carbocycles. The Balaban J connectivity index is 2.19. The van der Waals surface area contributed by atoms with Gasteiger partial charge in [0.25, 0.3) is 0 Å². The molecule has 0 bridgehead atoms. The average molecular weight is 334 g/mol. The summed E-state index contributed by atoms with van der Waals surface area (Å²) in [5, 5.41) is 9.03. The monoisotopic (exact) mass is 334 g/mol. The van der Waals surface area contributed by atoms with E-state index in [9.17, 15) is 14.4 Å². The average Bonchev–Trinajstić information content (AvgIpc) is 2.57. The second-order valence-electron chi connectivity index (χ2n) is 5.07. The van der Waals surface area contributed by atoms with Crippen molar-refractivity contribution in [1.82, 2.24) is 0 Å². The normalized spacial score (nSPS) is 10.5. The molecule has 0 radical (unpaired) electrons. The van der Waals surface area contributed by atoms with Crippen molar-refractivity contribution in [3.63, 3.8) is 0 Å². The lowest BCUT2D eigenvalue weighted by atomic mass is 10.1. The van der Waals surface area contributed by atoms with Gasteiger partial charge in [-0.1, -0.05) is 18.2 Å². The van der Waals surface area contributed by atoms with Crippen LogP contribution in [0.4, 0.5) is 0 Å². The van der Waals surface area contributed by atoms with E-state index in [0.29, 0.717) is 13.0 Å². The first-order chi connectivity index (χ1) is 11.6. The number of unbranched alkanes of at least 4 members (excludes halogenated alkanes) is 3. The van der Waals surface area contributed by atoms with Crippen LogP contribution in [0.1, 0.15) is 53.3 Å². The third-order valence-corrected chi connectivity index (χ3v) is 3.20. The fourth-order valence-corrected chi connectivity index (χ4v) is 2.00. The van der Waals surface area contributed by atoms with Crippen molar-refractivity contribution in [3.8, 4) is 0 Å². The molecule has 0 amide bonds. The minimum absolute atomic E-state index is 0.0564. The lowest BCUT2D eigenvalue weighted by molar-refractivity contribution is -0.137. The van der Waals surface area contributed by atoms with Crippen molar-refractivity contribution in [2.75, 3.05) is 13.2 Å². The number of carbonyl (C=O) groups excluding carboxylic acids is 2. The predicted octanol–water partition coefficient (Wildman–Crippen LogP) is 3.22. The summed E-state index contributed by atoms with van der Waals surface area (Å²) in [6, 6.07) is 5.96. The predicted molar refractivity (Wildman–Crippen MR) is 87.9 cm³/mol. The van der Waals surface area contributed by atoms with E-state index in [1.807, 2.05) is 0 Å². The Morgan fingerprint density at radius 2 is 1.54 bits per heavy atom. The quantitative estimate of drug-likeness (QED) is 0.401. The highest BCUT2D eigenvalue weighted by atomic mass is 16.5. The zero-order valence-electron chi connectivity index (χ0n) is 13.7. The number of carboxylic acid groups (broad SMARTS) is 1. The van der Waals surface area contributed by atoms with Crippen LogP contribution in [0.15, 0.2) is 36.4 Å². The summed E-state index contributed by atoms with van der Waals surface area (Å²) in [6.07, 6.45) is 6.10. The van der Waals surface area contributed by atoms with Gasteiger partial charge in [0.1, 0.15) is 0 Å². The number of benzene rings is 1. The Kier molecular flexibility index (Phi) is 8.89. The molecule has 0 saturated heterocycles. The van der Waals surface area contributed by atoms with Crippen molar-refractivity contribution in [1.29, 1.82) is 0 Å². The molecule has 0 heterocycles. The second-order valence-corrected chi connectivity index (χ2v) is 5.07. The van der Waals surface area contributed by atoms with Crippen LogP contribution < -0.4 is 0 Å². The van der Waals surface area contributed by atoms with Crippen molar-refractivity contribution in [2.45, 2.75) is 32.6 Å². The fraction of sp³-hybridized carbons (Fsp3) is 0.389. The highest BCUT2D eigenvalue weighted by Gasteiger charge is 2.16. The Hall–Kier alpha value is -2.63. The Morgan fingerprint density at radius 1 is 0.958 bits per heavy atom. The molecule has 0 spiro atoms. The van der Waals surface area contributed by atoms with Gasteiger partial charge < -0.3 is 14.6 Å². The third kappa shape index (κ3) is 7.09. The molecule has 1 rings (SSSR count). The first kappa shape index (κ1) is 19.4. The highest BCUT2D eigenvalue weighted by Crippen LogP contribution is 2.11. The van der Waals surface area contributed by atoms with E-state index < -0.39 is 11.9 Å². The molecule has 6 nitrogen and oxygen atoms in total. The molecule has 0 unspecified atom stereocenters. The molecule has 1 aromatic carbocycles. The third-order valence-electron chi connectivity index (χ3n) is 3.20. The maximum atomic E-state index is 11.9. The lowest BCUT2D eigenvalue weighted by Crippen LogP contribution is -2.12. The van der Waals surface area contributed by atoms with Crippen LogP contribution in [-0.2, 0) is 14.3 Å². The summed E-state index contributed by atoms with van der Waals surface area (Å²) in [7, 11) is 0. The van der Waals surface area contributed by atoms with Crippen LogP contribution in [0.3, 0.4) is 0 Å². The van der Waals surface area contributed by atoms with Crippen molar-refractivity contribution >= 4 is 17.9 Å². The molecule has 0 atom stereocenters. The van der Waals surface area contributed by atoms with Gasteiger partial charge in [0.15, 0.2) is 0 Å². The number of carboxylic acids is 1. The van der Waals surface area contributed by atoms with Crippen LogP contribution in [0.5, 0.6) is 0 Å². The molecule has 1 aromatic rings. The standard InChI is InChI=1S/C18H22O6/c1-2-9-16(19)23-12-7-3-4-8-13-24-18(22)15-11-6-5-10-14(15)17(20)21/h2,5-6,9-11H,3-4,7-8,12-13H2,1H3,(H,20,21). The first-order valence-electron chi connectivity index (χ1n) is 7.85. The van der Waals surface area contributed by atoms with Gasteiger partial charge in [-0.25, -0.2) is 14.4 Å². The fourth-order valence-electron chi connectivity index (χ4n) is 2.00. The van der Waals surface area contributed by atoms with Gasteiger partial charge in [-0.05, 0) is 44.7 Å². The Labute approximate surface area is 141 Å². The molecule has 0 saturated carbocycles. The van der Waals surface area contributed by atoms with Crippen molar-refractivity contribution in [2.24, 2.45) is 0 Å². The largest absolute Gasteiger partial charge is 0.478 e. The number of allylic oxidation sites excluding steroid dienone is 1. The molecule has 0 fully saturated rings. The molecule has 0 aliphatic heterocycles. The van der Waals surface area contributed by atoms with Gasteiger partial charge >= 0.3 is 17.9 Å². The molecule has 24 heavy (non-hydrogen) atoms. The lowest BCUT2D eigenvalue weighted by Gasteiger charge is -2.07. The van der Waals surface area contributed by atoms with E-state index in [1.54, 1.807) is 25.1 Å². The smallest absolute Gasteiger partial charge is 0.339 e. The minimum Gasteiger partial charge on any atom is -0.478 e. The van der Waals surface area contributed by atoms with Crippen LogP contribution >= 0.6 is 0 Å². The maximum absolute atomic E-state index is 11.9. The number of esters is 2. The SMILES string of the molecule is CC=CC(=O)OCCCCCCOC(=O)c1ccccc1C(=O)O. The molecule has 130 valence electrons. The number of carbonyl (C=O) groups is 3. The number of hydrogen-bond donors (Lipinski definition) is 1. The van der Waals surface area contributed by atoms with E-state index >= 15 is 0 Å². The zero-order chi connectivity index (χ0) is 17.8. The zero-order valence-corrected chi connectivity index (χ0v) is 13.7. The molecular formula is C18H22O6. The molecule has 0 aromatic heterocycles. The van der Waals surface area contributed by atoms with Gasteiger partial charge in [0.05, 0.1) is 24.3 Å². The Morgan fingerprint density at radius 3 is 2.12 bits per heavy atom. The Bertz CT molecular complexity index is 591. The van der Waals surface area contributed by atoms with Crippen molar-refractivity contribution in [3.05, 3.63) is 47.5 Å². The van der Waals surface area contributed by atoms with Gasteiger partial charge in [-0.3, -0.25) is 0 Å². The summed E-state index contributed by atoms with van der Waals surface area (Å²) in [5.74, 6) is -2.13. The summed E-state index contributed by atoms with van der Waals surface area (Å²) < 4.78 is 10.1. The summed E-state index contributed by atoms with van der Waals surface area (Å²) in [4.78, 5) is 34.0. The van der Waals surface area contributed by atoms with Crippen molar-refractivity contribution < 1.29 is 29.0 Å². The van der Waals surface area contributed by atoms with Gasteiger partial charge in [0.2, 0.25) is 0 Å². The number of aromatic carboxylic acids is 1. The number of rotatable bonds is 10.